The zero-order chi connectivity index (χ0) is 19.6. The summed E-state index contributed by atoms with van der Waals surface area (Å²) in [4.78, 5) is 13.0. The first-order valence-corrected chi connectivity index (χ1v) is 10.7. The molecular formula is C21H26N2O3S. The van der Waals surface area contributed by atoms with E-state index in [4.69, 9.17) is 0 Å². The van der Waals surface area contributed by atoms with E-state index in [0.717, 1.165) is 22.3 Å². The highest BCUT2D eigenvalue weighted by Crippen LogP contribution is 2.30. The van der Waals surface area contributed by atoms with Crippen molar-refractivity contribution < 1.29 is 13.2 Å². The Bertz CT molecular complexity index is 916. The number of amides is 1. The van der Waals surface area contributed by atoms with Crippen LogP contribution < -0.4 is 5.32 Å². The van der Waals surface area contributed by atoms with Crippen LogP contribution in [0.15, 0.2) is 47.4 Å². The van der Waals surface area contributed by atoms with Crippen molar-refractivity contribution in [2.24, 2.45) is 0 Å². The Morgan fingerprint density at radius 1 is 1.11 bits per heavy atom. The summed E-state index contributed by atoms with van der Waals surface area (Å²) in [6.45, 7) is 6.35. The molecule has 0 aromatic heterocycles. The van der Waals surface area contributed by atoms with Crippen molar-refractivity contribution >= 4 is 15.9 Å². The van der Waals surface area contributed by atoms with Crippen molar-refractivity contribution in [3.8, 4) is 0 Å². The van der Waals surface area contributed by atoms with Gasteiger partial charge in [-0.1, -0.05) is 48.0 Å². The third-order valence-electron chi connectivity index (χ3n) is 4.99. The van der Waals surface area contributed by atoms with Gasteiger partial charge in [0, 0.05) is 13.1 Å². The van der Waals surface area contributed by atoms with Gasteiger partial charge >= 0.3 is 0 Å². The topological polar surface area (TPSA) is 66.5 Å². The van der Waals surface area contributed by atoms with Gasteiger partial charge in [0.25, 0.3) is 0 Å². The summed E-state index contributed by atoms with van der Waals surface area (Å²) in [7, 11) is -3.72. The van der Waals surface area contributed by atoms with Gasteiger partial charge in [-0.25, -0.2) is 8.42 Å². The van der Waals surface area contributed by atoms with Crippen LogP contribution in [0.2, 0.25) is 0 Å². The number of nitrogens with zero attached hydrogens (tertiary/aromatic N) is 1. The number of rotatable bonds is 5. The van der Waals surface area contributed by atoms with Crippen LogP contribution in [-0.4, -0.2) is 31.2 Å². The summed E-state index contributed by atoms with van der Waals surface area (Å²) in [6.07, 6.45) is 1.23. The lowest BCUT2D eigenvalue weighted by Gasteiger charge is -2.25. The maximum Gasteiger partial charge on any atom is 0.244 e. The molecule has 1 saturated heterocycles. The molecule has 1 aliphatic rings. The fourth-order valence-corrected chi connectivity index (χ4v) is 5.96. The van der Waals surface area contributed by atoms with Gasteiger partial charge in [0.1, 0.15) is 6.04 Å². The van der Waals surface area contributed by atoms with Crippen molar-refractivity contribution in [3.63, 3.8) is 0 Å². The summed E-state index contributed by atoms with van der Waals surface area (Å²) in [6, 6.07) is 12.7. The van der Waals surface area contributed by atoms with Crippen LogP contribution in [0, 0.1) is 20.8 Å². The second kappa shape index (κ2) is 7.82. The molecule has 27 heavy (non-hydrogen) atoms. The standard InChI is InChI=1S/C21H26N2O3S/c1-15-12-16(2)20(17(3)13-15)27(25,26)23-11-7-10-19(23)21(24)22-14-18-8-5-4-6-9-18/h4-6,8-9,12-13,19H,7,10-11,14H2,1-3H3,(H,22,24). The van der Waals surface area contributed by atoms with E-state index >= 15 is 0 Å². The first-order valence-electron chi connectivity index (χ1n) is 9.22. The van der Waals surface area contributed by atoms with Crippen LogP contribution in [0.5, 0.6) is 0 Å². The molecule has 1 amide bonds. The molecule has 0 spiro atoms. The van der Waals surface area contributed by atoms with Gasteiger partial charge in [0.05, 0.1) is 4.90 Å². The predicted molar refractivity (Wildman–Crippen MR) is 106 cm³/mol. The van der Waals surface area contributed by atoms with Crippen LogP contribution in [0.3, 0.4) is 0 Å². The Morgan fingerprint density at radius 3 is 2.37 bits per heavy atom. The third kappa shape index (κ3) is 4.06. The molecule has 0 aliphatic carbocycles. The Kier molecular flexibility index (Phi) is 5.67. The van der Waals surface area contributed by atoms with E-state index in [9.17, 15) is 13.2 Å². The molecular weight excluding hydrogens is 360 g/mol. The summed E-state index contributed by atoms with van der Waals surface area (Å²) >= 11 is 0. The number of hydrogen-bond acceptors (Lipinski definition) is 3. The molecule has 1 heterocycles. The molecule has 5 nitrogen and oxygen atoms in total. The molecule has 1 N–H and O–H groups in total. The lowest BCUT2D eigenvalue weighted by atomic mass is 10.1. The van der Waals surface area contributed by atoms with Gasteiger partial charge in [0.15, 0.2) is 0 Å². The highest BCUT2D eigenvalue weighted by Gasteiger charge is 2.40. The minimum atomic E-state index is -3.72. The number of carbonyl (C=O) groups excluding carboxylic acids is 1. The highest BCUT2D eigenvalue weighted by atomic mass is 32.2. The first kappa shape index (κ1) is 19.6. The minimum absolute atomic E-state index is 0.234. The Labute approximate surface area is 161 Å². The number of benzene rings is 2. The smallest absolute Gasteiger partial charge is 0.244 e. The van der Waals surface area contributed by atoms with Crippen molar-refractivity contribution in [3.05, 3.63) is 64.7 Å². The first-order chi connectivity index (χ1) is 12.8. The van der Waals surface area contributed by atoms with Gasteiger partial charge in [-0.15, -0.1) is 0 Å². The van der Waals surface area contributed by atoms with Crippen molar-refractivity contribution in [2.75, 3.05) is 6.54 Å². The largest absolute Gasteiger partial charge is 0.351 e. The van der Waals surface area contributed by atoms with Gasteiger partial charge in [-0.05, 0) is 50.3 Å². The second-order valence-electron chi connectivity index (χ2n) is 7.21. The molecule has 1 fully saturated rings. The average molecular weight is 387 g/mol. The molecule has 1 unspecified atom stereocenters. The van der Waals surface area contributed by atoms with E-state index in [1.54, 1.807) is 0 Å². The van der Waals surface area contributed by atoms with Crippen LogP contribution in [-0.2, 0) is 21.4 Å². The molecule has 0 saturated carbocycles. The number of aryl methyl sites for hydroxylation is 3. The lowest BCUT2D eigenvalue weighted by Crippen LogP contribution is -2.45. The Morgan fingerprint density at radius 2 is 1.74 bits per heavy atom. The van der Waals surface area contributed by atoms with E-state index in [2.05, 4.69) is 5.32 Å². The molecule has 2 aromatic carbocycles. The predicted octanol–water partition coefficient (Wildman–Crippen LogP) is 3.08. The maximum atomic E-state index is 13.3. The quantitative estimate of drug-likeness (QED) is 0.859. The molecule has 0 radical (unpaired) electrons. The van der Waals surface area contributed by atoms with Gasteiger partial charge in [-0.3, -0.25) is 4.79 Å². The van der Waals surface area contributed by atoms with Crippen LogP contribution >= 0.6 is 0 Å². The summed E-state index contributed by atoms with van der Waals surface area (Å²) in [5.41, 5.74) is 3.47. The molecule has 1 atom stereocenters. The van der Waals surface area contributed by atoms with Gasteiger partial charge < -0.3 is 5.32 Å². The fraction of sp³-hybridized carbons (Fsp3) is 0.381. The molecule has 2 aromatic rings. The van der Waals surface area contributed by atoms with E-state index < -0.39 is 16.1 Å². The van der Waals surface area contributed by atoms with E-state index in [1.807, 2.05) is 63.2 Å². The van der Waals surface area contributed by atoms with E-state index in [-0.39, 0.29) is 5.91 Å². The van der Waals surface area contributed by atoms with E-state index in [0.29, 0.717) is 30.8 Å². The number of carbonyl (C=O) groups is 1. The zero-order valence-corrected chi connectivity index (χ0v) is 16.8. The Hall–Kier alpha value is -2.18. The number of nitrogens with one attached hydrogen (secondary N) is 1. The van der Waals surface area contributed by atoms with Crippen molar-refractivity contribution in [2.45, 2.75) is 51.1 Å². The minimum Gasteiger partial charge on any atom is -0.351 e. The average Bonchev–Trinajstić information content (AvgIpc) is 3.10. The van der Waals surface area contributed by atoms with Crippen LogP contribution in [0.25, 0.3) is 0 Å². The summed E-state index contributed by atoms with van der Waals surface area (Å²) in [5, 5.41) is 2.89. The van der Waals surface area contributed by atoms with E-state index in [1.165, 1.54) is 4.31 Å². The van der Waals surface area contributed by atoms with Crippen molar-refractivity contribution in [1.82, 2.24) is 9.62 Å². The number of sulfonamides is 1. The molecule has 3 rings (SSSR count). The lowest BCUT2D eigenvalue weighted by molar-refractivity contribution is -0.124. The van der Waals surface area contributed by atoms with Crippen molar-refractivity contribution in [1.29, 1.82) is 0 Å². The molecule has 144 valence electrons. The second-order valence-corrected chi connectivity index (χ2v) is 9.03. The summed E-state index contributed by atoms with van der Waals surface area (Å²) in [5.74, 6) is -0.234. The van der Waals surface area contributed by atoms with Crippen LogP contribution in [0.1, 0.15) is 35.1 Å². The normalized spacial score (nSPS) is 17.8. The monoisotopic (exact) mass is 386 g/mol. The molecule has 1 aliphatic heterocycles. The molecule has 6 heteroatoms. The van der Waals surface area contributed by atoms with Gasteiger partial charge in [0.2, 0.25) is 15.9 Å². The zero-order valence-electron chi connectivity index (χ0n) is 16.0. The fourth-order valence-electron chi connectivity index (χ4n) is 3.88. The Balaban J connectivity index is 1.82. The van der Waals surface area contributed by atoms with Gasteiger partial charge in [-0.2, -0.15) is 4.31 Å². The number of hydrogen-bond donors (Lipinski definition) is 1. The molecule has 0 bridgehead atoms. The maximum absolute atomic E-state index is 13.3. The van der Waals surface area contributed by atoms with Crippen LogP contribution in [0.4, 0.5) is 0 Å². The third-order valence-corrected chi connectivity index (χ3v) is 7.20. The highest BCUT2D eigenvalue weighted by molar-refractivity contribution is 7.89. The summed E-state index contributed by atoms with van der Waals surface area (Å²) < 4.78 is 28.0. The SMILES string of the molecule is Cc1cc(C)c(S(=O)(=O)N2CCCC2C(=O)NCc2ccccc2)c(C)c1.